The van der Waals surface area contributed by atoms with Gasteiger partial charge in [-0.1, -0.05) is 38.3 Å². The first-order chi connectivity index (χ1) is 12.1. The Hall–Kier alpha value is -0.420. The van der Waals surface area contributed by atoms with Gasteiger partial charge < -0.3 is 20.1 Å². The maximum absolute atomic E-state index is 10.3. The van der Waals surface area contributed by atoms with Crippen molar-refractivity contribution in [2.45, 2.75) is 95.9 Å². The van der Waals surface area contributed by atoms with Gasteiger partial charge in [0.25, 0.3) is 0 Å². The molecule has 0 radical (unpaired) electrons. The van der Waals surface area contributed by atoms with Gasteiger partial charge in [0.2, 0.25) is 0 Å². The van der Waals surface area contributed by atoms with E-state index in [1.165, 1.54) is 12.8 Å². The number of unbranched alkanes of at least 4 members (excludes halogenated alkanes) is 4. The van der Waals surface area contributed by atoms with Gasteiger partial charge in [-0.25, -0.2) is 0 Å². The molecular weight excluding hydrogens is 316 g/mol. The molecule has 0 amide bonds. The fourth-order valence-electron chi connectivity index (χ4n) is 3.94. The van der Waals surface area contributed by atoms with Crippen LogP contribution in [0, 0.1) is 11.8 Å². The van der Waals surface area contributed by atoms with E-state index >= 15 is 0 Å². The Morgan fingerprint density at radius 3 is 2.48 bits per heavy atom. The average Bonchev–Trinajstić information content (AvgIpc) is 2.85. The highest BCUT2D eigenvalue weighted by molar-refractivity contribution is 4.96. The van der Waals surface area contributed by atoms with E-state index in [0.29, 0.717) is 6.42 Å². The number of ether oxygens (including phenoxy) is 1. The van der Waals surface area contributed by atoms with E-state index in [1.54, 1.807) is 7.11 Å². The van der Waals surface area contributed by atoms with Gasteiger partial charge in [0, 0.05) is 13.7 Å². The van der Waals surface area contributed by atoms with Gasteiger partial charge in [-0.2, -0.15) is 0 Å². The Labute approximate surface area is 154 Å². The van der Waals surface area contributed by atoms with Crippen LogP contribution in [0.15, 0.2) is 12.2 Å². The normalized spacial score (nSPS) is 28.0. The summed E-state index contributed by atoms with van der Waals surface area (Å²) < 4.78 is 5.04. The molecule has 5 atom stereocenters. The fraction of sp³-hybridized carbons (Fsp3) is 0.905. The predicted molar refractivity (Wildman–Crippen MR) is 102 cm³/mol. The van der Waals surface area contributed by atoms with Crippen molar-refractivity contribution >= 4 is 0 Å². The molecule has 0 unspecified atom stereocenters. The zero-order chi connectivity index (χ0) is 18.5. The van der Waals surface area contributed by atoms with Crippen LogP contribution < -0.4 is 0 Å². The lowest BCUT2D eigenvalue weighted by Crippen LogP contribution is -2.23. The zero-order valence-electron chi connectivity index (χ0n) is 16.3. The van der Waals surface area contributed by atoms with E-state index in [2.05, 4.69) is 19.1 Å². The number of aliphatic hydroxyl groups is 3. The van der Waals surface area contributed by atoms with E-state index in [-0.39, 0.29) is 17.9 Å². The molecule has 1 aliphatic rings. The van der Waals surface area contributed by atoms with Crippen LogP contribution in [0.2, 0.25) is 0 Å². The summed E-state index contributed by atoms with van der Waals surface area (Å²) in [4.78, 5) is 0. The first kappa shape index (κ1) is 22.6. The molecule has 3 N–H and O–H groups in total. The summed E-state index contributed by atoms with van der Waals surface area (Å²) in [6.07, 6.45) is 13.5. The number of allylic oxidation sites excluding steroid dienone is 2. The Kier molecular flexibility index (Phi) is 12.4. The summed E-state index contributed by atoms with van der Waals surface area (Å²) in [6.45, 7) is 2.97. The smallest absolute Gasteiger partial charge is 0.0599 e. The van der Waals surface area contributed by atoms with Crippen LogP contribution >= 0.6 is 0 Å². The first-order valence-corrected chi connectivity index (χ1v) is 10.3. The van der Waals surface area contributed by atoms with Crippen LogP contribution in [0.5, 0.6) is 0 Å². The molecule has 1 rings (SSSR count). The molecule has 0 spiro atoms. The summed E-state index contributed by atoms with van der Waals surface area (Å²) in [5, 5.41) is 30.7. The van der Waals surface area contributed by atoms with Crippen molar-refractivity contribution in [2.75, 3.05) is 13.7 Å². The summed E-state index contributed by atoms with van der Waals surface area (Å²) in [7, 11) is 1.73. The largest absolute Gasteiger partial charge is 0.393 e. The topological polar surface area (TPSA) is 69.9 Å². The Morgan fingerprint density at radius 1 is 1.00 bits per heavy atom. The third kappa shape index (κ3) is 9.18. The van der Waals surface area contributed by atoms with Crippen LogP contribution in [0.1, 0.15) is 77.6 Å². The Balaban J connectivity index is 2.33. The SMILES string of the molecule is CCCCC[C@H](O)CC[C@@H]1[C@@H](C/C=C\CCCCOC)[C@@H](O)C[C@H]1O. The second-order valence-electron chi connectivity index (χ2n) is 7.62. The molecule has 148 valence electrons. The average molecular weight is 357 g/mol. The lowest BCUT2D eigenvalue weighted by Gasteiger charge is -2.23. The summed E-state index contributed by atoms with van der Waals surface area (Å²) in [6, 6.07) is 0. The molecule has 1 fully saturated rings. The van der Waals surface area contributed by atoms with Crippen LogP contribution in [0.3, 0.4) is 0 Å². The van der Waals surface area contributed by atoms with Gasteiger partial charge in [0.15, 0.2) is 0 Å². The molecule has 1 saturated carbocycles. The van der Waals surface area contributed by atoms with Gasteiger partial charge in [-0.15, -0.1) is 0 Å². The quantitative estimate of drug-likeness (QED) is 0.327. The van der Waals surface area contributed by atoms with Crippen LogP contribution in [0.4, 0.5) is 0 Å². The third-order valence-electron chi connectivity index (χ3n) is 5.54. The molecule has 4 nitrogen and oxygen atoms in total. The summed E-state index contributed by atoms with van der Waals surface area (Å²) in [5.41, 5.74) is 0. The summed E-state index contributed by atoms with van der Waals surface area (Å²) in [5.74, 6) is 0.224. The minimum Gasteiger partial charge on any atom is -0.393 e. The van der Waals surface area contributed by atoms with Gasteiger partial charge in [0.05, 0.1) is 18.3 Å². The molecule has 0 bridgehead atoms. The van der Waals surface area contributed by atoms with E-state index in [0.717, 1.165) is 58.0 Å². The highest BCUT2D eigenvalue weighted by Gasteiger charge is 2.40. The van der Waals surface area contributed by atoms with E-state index in [4.69, 9.17) is 4.74 Å². The second kappa shape index (κ2) is 13.7. The molecular formula is C21H40O4. The Morgan fingerprint density at radius 2 is 1.76 bits per heavy atom. The van der Waals surface area contributed by atoms with Gasteiger partial charge in [-0.3, -0.25) is 0 Å². The van der Waals surface area contributed by atoms with Crippen LogP contribution in [0.25, 0.3) is 0 Å². The van der Waals surface area contributed by atoms with E-state index in [9.17, 15) is 15.3 Å². The Bertz CT molecular complexity index is 345. The van der Waals surface area contributed by atoms with Gasteiger partial charge in [-0.05, 0) is 63.2 Å². The summed E-state index contributed by atoms with van der Waals surface area (Å²) >= 11 is 0. The van der Waals surface area contributed by atoms with Crippen molar-refractivity contribution < 1.29 is 20.1 Å². The fourth-order valence-corrected chi connectivity index (χ4v) is 3.94. The first-order valence-electron chi connectivity index (χ1n) is 10.3. The number of hydrogen-bond donors (Lipinski definition) is 3. The van der Waals surface area contributed by atoms with Crippen molar-refractivity contribution in [1.82, 2.24) is 0 Å². The van der Waals surface area contributed by atoms with E-state index in [1.807, 2.05) is 0 Å². The molecule has 0 aliphatic heterocycles. The van der Waals surface area contributed by atoms with Crippen LogP contribution in [-0.4, -0.2) is 47.3 Å². The van der Waals surface area contributed by atoms with Crippen molar-refractivity contribution in [1.29, 1.82) is 0 Å². The highest BCUT2D eigenvalue weighted by atomic mass is 16.5. The molecule has 1 aliphatic carbocycles. The van der Waals surface area contributed by atoms with Gasteiger partial charge >= 0.3 is 0 Å². The number of rotatable bonds is 14. The third-order valence-corrected chi connectivity index (χ3v) is 5.54. The minimum atomic E-state index is -0.432. The monoisotopic (exact) mass is 356 g/mol. The molecule has 0 aromatic carbocycles. The van der Waals surface area contributed by atoms with Gasteiger partial charge in [0.1, 0.15) is 0 Å². The lowest BCUT2D eigenvalue weighted by molar-refractivity contribution is 0.0848. The molecule has 0 saturated heterocycles. The van der Waals surface area contributed by atoms with E-state index < -0.39 is 12.2 Å². The molecule has 25 heavy (non-hydrogen) atoms. The minimum absolute atomic E-state index is 0.106. The lowest BCUT2D eigenvalue weighted by atomic mass is 9.85. The standard InChI is InChI=1S/C21H40O4/c1-3-4-8-11-17(22)13-14-19-18(20(23)16-21(19)24)12-9-6-5-7-10-15-25-2/h6,9,17-24H,3-5,7-8,10-16H2,1-2H3/b9-6-/t17-,18+,19+,20-,21+/m0/s1. The molecule has 0 heterocycles. The van der Waals surface area contributed by atoms with Crippen LogP contribution in [-0.2, 0) is 4.74 Å². The molecule has 0 aromatic rings. The van der Waals surface area contributed by atoms with Crippen molar-refractivity contribution in [3.63, 3.8) is 0 Å². The van der Waals surface area contributed by atoms with Crippen molar-refractivity contribution in [2.24, 2.45) is 11.8 Å². The zero-order valence-corrected chi connectivity index (χ0v) is 16.3. The number of hydrogen-bond acceptors (Lipinski definition) is 4. The second-order valence-corrected chi connectivity index (χ2v) is 7.62. The highest BCUT2D eigenvalue weighted by Crippen LogP contribution is 2.38. The molecule has 4 heteroatoms. The number of aliphatic hydroxyl groups excluding tert-OH is 3. The maximum Gasteiger partial charge on any atom is 0.0599 e. The van der Waals surface area contributed by atoms with Crippen molar-refractivity contribution in [3.8, 4) is 0 Å². The molecule has 0 aromatic heterocycles. The maximum atomic E-state index is 10.3. The predicted octanol–water partition coefficient (Wildman–Crippen LogP) is 3.83. The number of methoxy groups -OCH3 is 1. The van der Waals surface area contributed by atoms with Crippen molar-refractivity contribution in [3.05, 3.63) is 12.2 Å².